The Kier molecular flexibility index (Phi) is 5.67. The smallest absolute Gasteiger partial charge is 0.0460 e. The van der Waals surface area contributed by atoms with E-state index in [4.69, 9.17) is 0 Å². The Labute approximate surface area is 118 Å². The predicted octanol–water partition coefficient (Wildman–Crippen LogP) is 2.25. The summed E-state index contributed by atoms with van der Waals surface area (Å²) in [6.45, 7) is 9.71. The molecule has 2 rings (SSSR count). The lowest BCUT2D eigenvalue weighted by atomic mass is 9.84. The van der Waals surface area contributed by atoms with Crippen LogP contribution < -0.4 is 5.32 Å². The van der Waals surface area contributed by atoms with E-state index in [1.165, 1.54) is 64.7 Å². The minimum atomic E-state index is 0.383. The van der Waals surface area contributed by atoms with Gasteiger partial charge in [0, 0.05) is 25.7 Å². The summed E-state index contributed by atoms with van der Waals surface area (Å²) in [5, 5.41) is 12.9. The van der Waals surface area contributed by atoms with Gasteiger partial charge in [-0.15, -0.1) is 0 Å². The molecule has 0 atom stereocenters. The van der Waals surface area contributed by atoms with Crippen molar-refractivity contribution in [2.45, 2.75) is 58.4 Å². The van der Waals surface area contributed by atoms with Gasteiger partial charge in [-0.1, -0.05) is 26.7 Å². The number of rotatable bonds is 6. The molecule has 0 aromatic rings. The van der Waals surface area contributed by atoms with Crippen LogP contribution in [0.4, 0.5) is 0 Å². The van der Waals surface area contributed by atoms with E-state index < -0.39 is 0 Å². The molecule has 0 amide bonds. The Bertz CT molecular complexity index is 253. The fraction of sp³-hybridized carbons (Fsp3) is 1.00. The average Bonchev–Trinajstić information content (AvgIpc) is 2.86. The van der Waals surface area contributed by atoms with Crippen molar-refractivity contribution in [2.75, 3.05) is 32.8 Å². The highest BCUT2D eigenvalue weighted by Gasteiger charge is 2.36. The fourth-order valence-electron chi connectivity index (χ4n) is 3.74. The second-order valence-corrected chi connectivity index (χ2v) is 7.14. The van der Waals surface area contributed by atoms with Crippen molar-refractivity contribution in [2.24, 2.45) is 11.3 Å². The Hall–Kier alpha value is -0.120. The van der Waals surface area contributed by atoms with Gasteiger partial charge in [-0.2, -0.15) is 0 Å². The van der Waals surface area contributed by atoms with Crippen LogP contribution in [-0.2, 0) is 0 Å². The van der Waals surface area contributed by atoms with Crippen LogP contribution in [0.3, 0.4) is 0 Å². The quantitative estimate of drug-likeness (QED) is 0.775. The zero-order chi connectivity index (χ0) is 13.7. The molecule has 19 heavy (non-hydrogen) atoms. The zero-order valence-electron chi connectivity index (χ0n) is 12.8. The molecule has 1 saturated heterocycles. The summed E-state index contributed by atoms with van der Waals surface area (Å²) in [5.41, 5.74) is 0.524. The van der Waals surface area contributed by atoms with Gasteiger partial charge in [-0.05, 0) is 50.1 Å². The van der Waals surface area contributed by atoms with Gasteiger partial charge in [-0.25, -0.2) is 0 Å². The highest BCUT2D eigenvalue weighted by Crippen LogP contribution is 2.39. The van der Waals surface area contributed by atoms with Gasteiger partial charge >= 0.3 is 0 Å². The average molecular weight is 268 g/mol. The lowest BCUT2D eigenvalue weighted by Crippen LogP contribution is -2.46. The van der Waals surface area contributed by atoms with E-state index in [0.717, 1.165) is 0 Å². The van der Waals surface area contributed by atoms with Crippen molar-refractivity contribution < 1.29 is 5.11 Å². The minimum Gasteiger partial charge on any atom is -0.396 e. The number of piperidine rings is 1. The molecule has 1 aliphatic carbocycles. The SMILES string of the molecule is CC(C)NCC1(CN2CCC(CO)CC2)CCCC1. The van der Waals surface area contributed by atoms with Crippen LogP contribution in [0.25, 0.3) is 0 Å². The van der Waals surface area contributed by atoms with Gasteiger partial charge in [0.1, 0.15) is 0 Å². The summed E-state index contributed by atoms with van der Waals surface area (Å²) in [4.78, 5) is 2.65. The van der Waals surface area contributed by atoms with E-state index in [0.29, 0.717) is 24.0 Å². The highest BCUT2D eigenvalue weighted by molar-refractivity contribution is 4.90. The third-order valence-corrected chi connectivity index (χ3v) is 5.07. The maximum Gasteiger partial charge on any atom is 0.0460 e. The normalized spacial score (nSPS) is 25.3. The van der Waals surface area contributed by atoms with E-state index in [1.807, 2.05) is 0 Å². The summed E-state index contributed by atoms with van der Waals surface area (Å²) in [5.74, 6) is 0.560. The zero-order valence-corrected chi connectivity index (χ0v) is 12.8. The van der Waals surface area contributed by atoms with Crippen LogP contribution >= 0.6 is 0 Å². The maximum absolute atomic E-state index is 9.23. The molecular formula is C16H32N2O. The molecule has 112 valence electrons. The molecule has 0 aromatic heterocycles. The molecule has 3 nitrogen and oxygen atoms in total. The lowest BCUT2D eigenvalue weighted by molar-refractivity contribution is 0.0883. The first-order valence-corrected chi connectivity index (χ1v) is 8.20. The van der Waals surface area contributed by atoms with Crippen LogP contribution in [0.5, 0.6) is 0 Å². The predicted molar refractivity (Wildman–Crippen MR) is 80.3 cm³/mol. The molecular weight excluding hydrogens is 236 g/mol. The van der Waals surface area contributed by atoms with Crippen molar-refractivity contribution in [3.63, 3.8) is 0 Å². The summed E-state index contributed by atoms with van der Waals surface area (Å²) in [6, 6.07) is 0.595. The van der Waals surface area contributed by atoms with Crippen molar-refractivity contribution in [3.8, 4) is 0 Å². The number of aliphatic hydroxyl groups excluding tert-OH is 1. The van der Waals surface area contributed by atoms with Crippen molar-refractivity contribution in [1.82, 2.24) is 10.2 Å². The largest absolute Gasteiger partial charge is 0.396 e. The van der Waals surface area contributed by atoms with E-state index in [1.54, 1.807) is 0 Å². The molecule has 0 spiro atoms. The van der Waals surface area contributed by atoms with Crippen LogP contribution in [-0.4, -0.2) is 48.8 Å². The molecule has 2 aliphatic rings. The second-order valence-electron chi connectivity index (χ2n) is 7.14. The number of hydrogen-bond donors (Lipinski definition) is 2. The highest BCUT2D eigenvalue weighted by atomic mass is 16.3. The molecule has 2 N–H and O–H groups in total. The third-order valence-electron chi connectivity index (χ3n) is 5.07. The fourth-order valence-corrected chi connectivity index (χ4v) is 3.74. The van der Waals surface area contributed by atoms with Crippen molar-refractivity contribution >= 4 is 0 Å². The van der Waals surface area contributed by atoms with E-state index >= 15 is 0 Å². The first kappa shape index (κ1) is 15.3. The molecule has 0 aromatic carbocycles. The molecule has 3 heteroatoms. The molecule has 0 bridgehead atoms. The molecule has 1 saturated carbocycles. The topological polar surface area (TPSA) is 35.5 Å². The Morgan fingerprint density at radius 3 is 2.37 bits per heavy atom. The van der Waals surface area contributed by atoms with Gasteiger partial charge in [-0.3, -0.25) is 0 Å². The number of likely N-dealkylation sites (tertiary alicyclic amines) is 1. The minimum absolute atomic E-state index is 0.383. The van der Waals surface area contributed by atoms with Gasteiger partial charge in [0.2, 0.25) is 0 Å². The van der Waals surface area contributed by atoms with E-state index in [-0.39, 0.29) is 0 Å². The first-order valence-electron chi connectivity index (χ1n) is 8.20. The van der Waals surface area contributed by atoms with Gasteiger partial charge < -0.3 is 15.3 Å². The van der Waals surface area contributed by atoms with Gasteiger partial charge in [0.05, 0.1) is 0 Å². The molecule has 1 heterocycles. The number of aliphatic hydroxyl groups is 1. The molecule has 2 fully saturated rings. The third kappa shape index (κ3) is 4.44. The Balaban J connectivity index is 1.83. The van der Waals surface area contributed by atoms with Gasteiger partial charge in [0.15, 0.2) is 0 Å². The number of nitrogens with one attached hydrogen (secondary N) is 1. The first-order chi connectivity index (χ1) is 9.13. The summed E-state index contributed by atoms with van der Waals surface area (Å²) < 4.78 is 0. The number of nitrogens with zero attached hydrogens (tertiary/aromatic N) is 1. The van der Waals surface area contributed by atoms with Crippen LogP contribution in [0, 0.1) is 11.3 Å². The molecule has 0 unspecified atom stereocenters. The Morgan fingerprint density at radius 2 is 1.84 bits per heavy atom. The van der Waals surface area contributed by atoms with Crippen LogP contribution in [0.1, 0.15) is 52.4 Å². The standard InChI is InChI=1S/C16H32N2O/c1-14(2)17-12-16(7-3-4-8-16)13-18-9-5-15(11-19)6-10-18/h14-15,17,19H,3-13H2,1-2H3. The van der Waals surface area contributed by atoms with Crippen LogP contribution in [0.15, 0.2) is 0 Å². The van der Waals surface area contributed by atoms with Crippen molar-refractivity contribution in [1.29, 1.82) is 0 Å². The number of hydrogen-bond acceptors (Lipinski definition) is 3. The Morgan fingerprint density at radius 1 is 1.21 bits per heavy atom. The lowest BCUT2D eigenvalue weighted by Gasteiger charge is -2.39. The van der Waals surface area contributed by atoms with E-state index in [9.17, 15) is 5.11 Å². The second kappa shape index (κ2) is 7.05. The van der Waals surface area contributed by atoms with E-state index in [2.05, 4.69) is 24.1 Å². The molecule has 0 radical (unpaired) electrons. The summed E-state index contributed by atoms with van der Waals surface area (Å²) in [7, 11) is 0. The van der Waals surface area contributed by atoms with Crippen LogP contribution in [0.2, 0.25) is 0 Å². The monoisotopic (exact) mass is 268 g/mol. The summed E-state index contributed by atoms with van der Waals surface area (Å²) in [6.07, 6.45) is 7.98. The maximum atomic E-state index is 9.23. The summed E-state index contributed by atoms with van der Waals surface area (Å²) >= 11 is 0. The molecule has 1 aliphatic heterocycles. The van der Waals surface area contributed by atoms with Gasteiger partial charge in [0.25, 0.3) is 0 Å². The van der Waals surface area contributed by atoms with Crippen molar-refractivity contribution in [3.05, 3.63) is 0 Å².